The molecule has 4 nitrogen and oxygen atoms in total. The molecule has 1 aromatic rings. The van der Waals surface area contributed by atoms with Gasteiger partial charge in [0, 0.05) is 23.3 Å². The zero-order chi connectivity index (χ0) is 14.9. The number of rotatable bonds is 3. The largest absolute Gasteiger partial charge is 0.295 e. The van der Waals surface area contributed by atoms with E-state index in [0.717, 1.165) is 0 Å². The van der Waals surface area contributed by atoms with Gasteiger partial charge in [-0.2, -0.15) is 0 Å². The molecule has 1 saturated heterocycles. The van der Waals surface area contributed by atoms with Gasteiger partial charge in [0.15, 0.2) is 11.6 Å². The van der Waals surface area contributed by atoms with E-state index in [1.807, 2.05) is 0 Å². The number of thioether (sulfide) groups is 1. The van der Waals surface area contributed by atoms with Crippen molar-refractivity contribution >= 4 is 51.5 Å². The highest BCUT2D eigenvalue weighted by Crippen LogP contribution is 2.30. The Morgan fingerprint density at radius 3 is 2.50 bits per heavy atom. The molecule has 1 aliphatic heterocycles. The highest BCUT2D eigenvalue weighted by atomic mass is 32.2. The fraction of sp³-hybridized carbons (Fsp3) is 0.286. The third kappa shape index (κ3) is 2.81. The van der Waals surface area contributed by atoms with Crippen LogP contribution in [0, 0.1) is 0 Å². The number of hydrogen-bond donors (Lipinski definition) is 0. The van der Waals surface area contributed by atoms with Crippen LogP contribution in [0.1, 0.15) is 41.0 Å². The SMILES string of the molecule is CC(=O)c1ccc(C(C)=O)c(N2C(=O)CCSC2=S)c1. The van der Waals surface area contributed by atoms with Crippen molar-refractivity contribution in [3.05, 3.63) is 29.3 Å². The van der Waals surface area contributed by atoms with E-state index < -0.39 is 0 Å². The van der Waals surface area contributed by atoms with Gasteiger partial charge in [0.25, 0.3) is 0 Å². The Labute approximate surface area is 126 Å². The molecule has 0 aliphatic carbocycles. The molecule has 1 heterocycles. The van der Waals surface area contributed by atoms with E-state index in [1.54, 1.807) is 18.2 Å². The number of carbonyl (C=O) groups is 3. The smallest absolute Gasteiger partial charge is 0.233 e. The summed E-state index contributed by atoms with van der Waals surface area (Å²) in [5.41, 5.74) is 1.26. The fourth-order valence-electron chi connectivity index (χ4n) is 1.97. The van der Waals surface area contributed by atoms with Crippen molar-refractivity contribution in [1.29, 1.82) is 0 Å². The summed E-state index contributed by atoms with van der Waals surface area (Å²) >= 11 is 6.61. The quantitative estimate of drug-likeness (QED) is 0.635. The minimum Gasteiger partial charge on any atom is -0.295 e. The van der Waals surface area contributed by atoms with E-state index in [0.29, 0.717) is 33.3 Å². The van der Waals surface area contributed by atoms with Gasteiger partial charge >= 0.3 is 0 Å². The maximum absolute atomic E-state index is 12.1. The number of thiocarbonyl (C=S) groups is 1. The molecule has 0 radical (unpaired) electrons. The molecular weight excluding hydrogens is 294 g/mol. The average Bonchev–Trinajstić information content (AvgIpc) is 2.38. The number of nitrogens with zero attached hydrogens (tertiary/aromatic N) is 1. The van der Waals surface area contributed by atoms with Gasteiger partial charge in [-0.05, 0) is 26.0 Å². The number of ketones is 2. The zero-order valence-corrected chi connectivity index (χ0v) is 12.8. The topological polar surface area (TPSA) is 54.5 Å². The first-order valence-corrected chi connectivity index (χ1v) is 7.47. The van der Waals surface area contributed by atoms with E-state index in [2.05, 4.69) is 0 Å². The second-order valence-electron chi connectivity index (χ2n) is 4.44. The van der Waals surface area contributed by atoms with E-state index in [9.17, 15) is 14.4 Å². The molecule has 0 aromatic heterocycles. The van der Waals surface area contributed by atoms with Crippen molar-refractivity contribution in [3.63, 3.8) is 0 Å². The molecule has 1 aromatic carbocycles. The maximum Gasteiger partial charge on any atom is 0.233 e. The predicted molar refractivity (Wildman–Crippen MR) is 83.6 cm³/mol. The molecule has 1 amide bonds. The van der Waals surface area contributed by atoms with E-state index >= 15 is 0 Å². The lowest BCUT2D eigenvalue weighted by molar-refractivity contribution is -0.117. The van der Waals surface area contributed by atoms with Crippen molar-refractivity contribution in [2.45, 2.75) is 20.3 Å². The Balaban J connectivity index is 2.59. The van der Waals surface area contributed by atoms with Crippen LogP contribution in [0.5, 0.6) is 0 Å². The summed E-state index contributed by atoms with van der Waals surface area (Å²) in [6.45, 7) is 2.87. The van der Waals surface area contributed by atoms with Crippen LogP contribution in [0.3, 0.4) is 0 Å². The van der Waals surface area contributed by atoms with Crippen LogP contribution in [0.25, 0.3) is 0 Å². The molecule has 1 aliphatic rings. The first-order valence-electron chi connectivity index (χ1n) is 6.07. The summed E-state index contributed by atoms with van der Waals surface area (Å²) in [4.78, 5) is 36.7. The highest BCUT2D eigenvalue weighted by Gasteiger charge is 2.28. The monoisotopic (exact) mass is 307 g/mol. The second-order valence-corrected chi connectivity index (χ2v) is 6.17. The minimum absolute atomic E-state index is 0.121. The molecule has 0 bridgehead atoms. The van der Waals surface area contributed by atoms with Gasteiger partial charge < -0.3 is 0 Å². The molecule has 20 heavy (non-hydrogen) atoms. The third-order valence-corrected chi connectivity index (χ3v) is 4.37. The first-order chi connectivity index (χ1) is 9.41. The predicted octanol–water partition coefficient (Wildman–Crippen LogP) is 2.85. The molecule has 0 saturated carbocycles. The molecular formula is C14H13NO3S2. The van der Waals surface area contributed by atoms with Gasteiger partial charge in [-0.15, -0.1) is 0 Å². The Kier molecular flexibility index (Phi) is 4.35. The first kappa shape index (κ1) is 14.9. The highest BCUT2D eigenvalue weighted by molar-refractivity contribution is 8.23. The second kappa shape index (κ2) is 5.85. The number of hydrogen-bond acceptors (Lipinski definition) is 5. The van der Waals surface area contributed by atoms with E-state index in [-0.39, 0.29) is 17.5 Å². The van der Waals surface area contributed by atoms with Gasteiger partial charge in [0.05, 0.1) is 5.69 Å². The summed E-state index contributed by atoms with van der Waals surface area (Å²) in [6, 6.07) is 4.73. The maximum atomic E-state index is 12.1. The van der Waals surface area contributed by atoms with Crippen molar-refractivity contribution in [1.82, 2.24) is 0 Å². The van der Waals surface area contributed by atoms with Crippen molar-refractivity contribution < 1.29 is 14.4 Å². The normalized spacial score (nSPS) is 15.4. The van der Waals surface area contributed by atoms with Gasteiger partial charge in [0.2, 0.25) is 5.91 Å². The number of anilines is 1. The molecule has 1 fully saturated rings. The summed E-state index contributed by atoms with van der Waals surface area (Å²) in [6.07, 6.45) is 0.368. The van der Waals surface area contributed by atoms with Gasteiger partial charge in [0.1, 0.15) is 4.32 Å². The molecule has 2 rings (SSSR count). The molecule has 0 unspecified atom stereocenters. The summed E-state index contributed by atoms with van der Waals surface area (Å²) in [7, 11) is 0. The van der Waals surface area contributed by atoms with Crippen LogP contribution in [-0.4, -0.2) is 27.5 Å². The summed E-state index contributed by atoms with van der Waals surface area (Å²) < 4.78 is 0.421. The van der Waals surface area contributed by atoms with Gasteiger partial charge in [-0.25, -0.2) is 0 Å². The fourth-order valence-corrected chi connectivity index (χ4v) is 3.20. The van der Waals surface area contributed by atoms with Crippen LogP contribution in [0.4, 0.5) is 5.69 Å². The Hall–Kier alpha value is -1.53. The number of Topliss-reactive ketones (excluding diaryl/α,β-unsaturated/α-hetero) is 2. The third-order valence-electron chi connectivity index (χ3n) is 3.00. The Morgan fingerprint density at radius 2 is 1.95 bits per heavy atom. The van der Waals surface area contributed by atoms with E-state index in [1.165, 1.54) is 30.5 Å². The lowest BCUT2D eigenvalue weighted by Gasteiger charge is -2.28. The number of amides is 1. The zero-order valence-electron chi connectivity index (χ0n) is 11.1. The standard InChI is InChI=1S/C14H13NO3S2/c1-8(16)10-3-4-11(9(2)17)12(7-10)15-13(18)5-6-20-14(15)19/h3-4,7H,5-6H2,1-2H3. The lowest BCUT2D eigenvalue weighted by Crippen LogP contribution is -2.39. The molecule has 104 valence electrons. The van der Waals surface area contributed by atoms with Crippen molar-refractivity contribution in [3.8, 4) is 0 Å². The van der Waals surface area contributed by atoms with Crippen molar-refractivity contribution in [2.75, 3.05) is 10.7 Å². The molecule has 6 heteroatoms. The van der Waals surface area contributed by atoms with E-state index in [4.69, 9.17) is 12.2 Å². The van der Waals surface area contributed by atoms with Gasteiger partial charge in [-0.1, -0.05) is 30.0 Å². The molecule has 0 spiro atoms. The Bertz CT molecular complexity index is 609. The van der Waals surface area contributed by atoms with Crippen LogP contribution < -0.4 is 4.90 Å². The van der Waals surface area contributed by atoms with Crippen LogP contribution in [-0.2, 0) is 4.79 Å². The molecule has 0 N–H and O–H groups in total. The lowest BCUT2D eigenvalue weighted by atomic mass is 10.0. The van der Waals surface area contributed by atoms with Crippen LogP contribution in [0.2, 0.25) is 0 Å². The van der Waals surface area contributed by atoms with Crippen molar-refractivity contribution in [2.24, 2.45) is 0 Å². The minimum atomic E-state index is -0.165. The molecule has 0 atom stereocenters. The van der Waals surface area contributed by atoms with Gasteiger partial charge in [-0.3, -0.25) is 19.3 Å². The van der Waals surface area contributed by atoms with Crippen LogP contribution in [0.15, 0.2) is 18.2 Å². The summed E-state index contributed by atoms with van der Waals surface area (Å²) in [5, 5.41) is 0. The van der Waals surface area contributed by atoms with Crippen LogP contribution >= 0.6 is 24.0 Å². The summed E-state index contributed by atoms with van der Waals surface area (Å²) in [5.74, 6) is 0.221. The number of benzene rings is 1. The average molecular weight is 307 g/mol. The number of carbonyl (C=O) groups excluding carboxylic acids is 3. The Morgan fingerprint density at radius 1 is 1.25 bits per heavy atom.